The highest BCUT2D eigenvalue weighted by molar-refractivity contribution is 5.90. The van der Waals surface area contributed by atoms with Gasteiger partial charge in [0.15, 0.2) is 0 Å². The Morgan fingerprint density at radius 3 is 2.47 bits per heavy atom. The Labute approximate surface area is 225 Å². The Bertz CT molecular complexity index is 1250. The molecule has 38 heavy (non-hydrogen) atoms. The van der Waals surface area contributed by atoms with E-state index in [2.05, 4.69) is 72.8 Å². The predicted octanol–water partition coefficient (Wildman–Crippen LogP) is 1.94. The second-order valence-electron chi connectivity index (χ2n) is 10.9. The van der Waals surface area contributed by atoms with Gasteiger partial charge in [0, 0.05) is 90.1 Å². The molecule has 202 valence electrons. The van der Waals surface area contributed by atoms with Crippen molar-refractivity contribution < 1.29 is 4.74 Å². The molecule has 3 aliphatic heterocycles. The number of nitrogens with one attached hydrogen (secondary N) is 1. The first-order valence-electron chi connectivity index (χ1n) is 13.9. The van der Waals surface area contributed by atoms with Crippen LogP contribution in [0.5, 0.6) is 0 Å². The third-order valence-electron chi connectivity index (χ3n) is 7.91. The minimum absolute atomic E-state index is 0.152. The molecular weight excluding hydrogens is 478 g/mol. The predicted molar refractivity (Wildman–Crippen MR) is 151 cm³/mol. The molecule has 0 amide bonds. The molecule has 0 spiro atoms. The summed E-state index contributed by atoms with van der Waals surface area (Å²) in [5.41, 5.74) is 4.28. The smallest absolute Gasteiger partial charge is 0.227 e. The Morgan fingerprint density at radius 2 is 1.66 bits per heavy atom. The quantitative estimate of drug-likeness (QED) is 0.542. The highest BCUT2D eigenvalue weighted by atomic mass is 16.5. The van der Waals surface area contributed by atoms with E-state index in [-0.39, 0.29) is 12.2 Å². The number of nitrogens with zero attached hydrogens (tertiary/aromatic N) is 8. The number of piperazine rings is 2. The summed E-state index contributed by atoms with van der Waals surface area (Å²) in [6.07, 6.45) is 5.78. The molecule has 3 aromatic rings. The van der Waals surface area contributed by atoms with E-state index in [1.54, 1.807) is 12.4 Å². The second-order valence-corrected chi connectivity index (χ2v) is 10.9. The lowest BCUT2D eigenvalue weighted by molar-refractivity contribution is -0.0327. The summed E-state index contributed by atoms with van der Waals surface area (Å²) < 4.78 is 6.42. The zero-order valence-corrected chi connectivity index (χ0v) is 22.8. The summed E-state index contributed by atoms with van der Waals surface area (Å²) >= 11 is 0. The van der Waals surface area contributed by atoms with E-state index in [1.165, 1.54) is 0 Å². The van der Waals surface area contributed by atoms with Gasteiger partial charge in [0.1, 0.15) is 11.3 Å². The fourth-order valence-electron chi connectivity index (χ4n) is 6.00. The average molecular weight is 518 g/mol. The summed E-state index contributed by atoms with van der Waals surface area (Å²) in [5, 5.41) is 3.49. The first kappa shape index (κ1) is 25.2. The number of ether oxygens (including phenoxy) is 1. The maximum Gasteiger partial charge on any atom is 0.227 e. The summed E-state index contributed by atoms with van der Waals surface area (Å²) in [5.74, 6) is 1.87. The van der Waals surface area contributed by atoms with Crippen LogP contribution in [0.1, 0.15) is 19.4 Å². The lowest BCUT2D eigenvalue weighted by atomic mass is 10.1. The summed E-state index contributed by atoms with van der Waals surface area (Å²) in [7, 11) is 0. The van der Waals surface area contributed by atoms with Crippen LogP contribution in [-0.2, 0) is 4.74 Å². The Kier molecular flexibility index (Phi) is 7.27. The van der Waals surface area contributed by atoms with Crippen LogP contribution in [0, 0.1) is 6.92 Å². The van der Waals surface area contributed by atoms with Gasteiger partial charge in [-0.3, -0.25) is 14.9 Å². The van der Waals surface area contributed by atoms with E-state index in [4.69, 9.17) is 9.72 Å². The number of aromatic nitrogens is 4. The van der Waals surface area contributed by atoms with Crippen LogP contribution in [0.15, 0.2) is 36.8 Å². The highest BCUT2D eigenvalue weighted by Crippen LogP contribution is 2.29. The molecule has 0 aliphatic carbocycles. The van der Waals surface area contributed by atoms with Crippen LogP contribution < -0.4 is 20.0 Å². The molecule has 0 radical (unpaired) electrons. The maximum atomic E-state index is 6.42. The van der Waals surface area contributed by atoms with Gasteiger partial charge in [-0.1, -0.05) is 6.07 Å². The van der Waals surface area contributed by atoms with Gasteiger partial charge in [0.25, 0.3) is 0 Å². The fraction of sp³-hybridized carbons (Fsp3) is 0.571. The van der Waals surface area contributed by atoms with Crippen LogP contribution in [-0.4, -0.2) is 109 Å². The first-order valence-corrected chi connectivity index (χ1v) is 13.9. The van der Waals surface area contributed by atoms with Gasteiger partial charge in [-0.25, -0.2) is 4.98 Å². The van der Waals surface area contributed by atoms with Crippen molar-refractivity contribution in [2.24, 2.45) is 0 Å². The molecule has 0 bridgehead atoms. The minimum atomic E-state index is 0.152. The number of benzene rings is 1. The molecule has 1 aromatic carbocycles. The van der Waals surface area contributed by atoms with Crippen molar-refractivity contribution in [2.75, 3.05) is 80.1 Å². The van der Waals surface area contributed by atoms with E-state index in [9.17, 15) is 0 Å². The Hall–Kier alpha value is -3.08. The molecule has 0 saturated carbocycles. The van der Waals surface area contributed by atoms with Gasteiger partial charge in [-0.2, -0.15) is 4.98 Å². The largest absolute Gasteiger partial charge is 0.370 e. The third-order valence-corrected chi connectivity index (χ3v) is 7.91. The molecule has 0 unspecified atom stereocenters. The van der Waals surface area contributed by atoms with Crippen LogP contribution >= 0.6 is 0 Å². The fourth-order valence-corrected chi connectivity index (χ4v) is 6.00. The van der Waals surface area contributed by atoms with Crippen LogP contribution in [0.4, 0.5) is 17.5 Å². The van der Waals surface area contributed by atoms with E-state index >= 15 is 0 Å². The lowest BCUT2D eigenvalue weighted by Gasteiger charge is -2.42. The zero-order chi connectivity index (χ0) is 26.1. The van der Waals surface area contributed by atoms with Crippen LogP contribution in [0.25, 0.3) is 11.0 Å². The molecule has 3 aliphatic rings. The number of anilines is 3. The minimum Gasteiger partial charge on any atom is -0.370 e. The van der Waals surface area contributed by atoms with Crippen molar-refractivity contribution in [3.63, 3.8) is 0 Å². The maximum absolute atomic E-state index is 6.42. The van der Waals surface area contributed by atoms with Crippen molar-refractivity contribution >= 4 is 28.5 Å². The van der Waals surface area contributed by atoms with Gasteiger partial charge in [0.2, 0.25) is 5.95 Å². The monoisotopic (exact) mass is 517 g/mol. The Balaban J connectivity index is 1.08. The van der Waals surface area contributed by atoms with Crippen molar-refractivity contribution in [2.45, 2.75) is 39.0 Å². The molecule has 3 atom stereocenters. The molecule has 3 fully saturated rings. The van der Waals surface area contributed by atoms with Gasteiger partial charge in [-0.05, 0) is 38.5 Å². The number of rotatable bonds is 5. The van der Waals surface area contributed by atoms with Crippen LogP contribution in [0.2, 0.25) is 0 Å². The molecule has 2 aromatic heterocycles. The first-order chi connectivity index (χ1) is 18.5. The second kappa shape index (κ2) is 11.0. The van der Waals surface area contributed by atoms with Gasteiger partial charge in [-0.15, -0.1) is 0 Å². The summed E-state index contributed by atoms with van der Waals surface area (Å²) in [6, 6.07) is 6.85. The number of fused-ring (bicyclic) bond motifs is 1. The number of aryl methyl sites for hydroxylation is 1. The number of morpholine rings is 1. The van der Waals surface area contributed by atoms with Gasteiger partial charge >= 0.3 is 0 Å². The molecule has 1 N–H and O–H groups in total. The van der Waals surface area contributed by atoms with E-state index < -0.39 is 0 Å². The molecule has 5 heterocycles. The summed E-state index contributed by atoms with van der Waals surface area (Å²) in [6.45, 7) is 15.9. The third kappa shape index (κ3) is 5.39. The van der Waals surface area contributed by atoms with E-state index in [0.717, 1.165) is 99.5 Å². The lowest BCUT2D eigenvalue weighted by Crippen LogP contribution is -2.54. The molecular formula is C28H39N9O. The van der Waals surface area contributed by atoms with Crippen molar-refractivity contribution in [1.29, 1.82) is 0 Å². The summed E-state index contributed by atoms with van der Waals surface area (Å²) in [4.78, 5) is 28.4. The molecule has 10 nitrogen and oxygen atoms in total. The van der Waals surface area contributed by atoms with Gasteiger partial charge < -0.3 is 24.8 Å². The number of hydrogen-bond donors (Lipinski definition) is 1. The zero-order valence-electron chi connectivity index (χ0n) is 22.8. The number of hydrogen-bond acceptors (Lipinski definition) is 10. The van der Waals surface area contributed by atoms with E-state index in [1.807, 2.05) is 12.3 Å². The average Bonchev–Trinajstić information content (AvgIpc) is 2.94. The Morgan fingerprint density at radius 1 is 0.842 bits per heavy atom. The molecule has 3 saturated heterocycles. The molecule has 10 heteroatoms. The SMILES string of the molecule is Cc1ccc(N2C[C@H](CN3CCN(c4ccnc(N5CCN[C@@H](C)C5)n4)CC3)O[C@H](C)C2)c2nccnc12. The van der Waals surface area contributed by atoms with Crippen molar-refractivity contribution in [3.05, 3.63) is 42.4 Å². The van der Waals surface area contributed by atoms with Crippen molar-refractivity contribution in [1.82, 2.24) is 30.2 Å². The van der Waals surface area contributed by atoms with Crippen molar-refractivity contribution in [3.8, 4) is 0 Å². The standard InChI is InChI=1S/C28H39N9O/c1-20-4-5-24(27-26(20)30-8-9-31-27)37-17-22(3)38-23(19-37)18-34-12-14-35(15-13-34)25-6-7-32-28(33-25)36-11-10-29-21(2)16-36/h4-9,21-23,29H,10-19H2,1-3H3/t21-,22+,23-/m0/s1. The van der Waals surface area contributed by atoms with Gasteiger partial charge in [0.05, 0.1) is 23.4 Å². The highest BCUT2D eigenvalue weighted by Gasteiger charge is 2.30. The molecule has 6 rings (SSSR count). The normalized spacial score (nSPS) is 25.2. The van der Waals surface area contributed by atoms with E-state index in [0.29, 0.717) is 6.04 Å². The topological polar surface area (TPSA) is 85.8 Å². The van der Waals surface area contributed by atoms with Crippen LogP contribution in [0.3, 0.4) is 0 Å².